The monoisotopic (exact) mass is 208 g/mol. The van der Waals surface area contributed by atoms with Gasteiger partial charge in [-0.25, -0.2) is 4.57 Å². The zero-order chi connectivity index (χ0) is 11.5. The average Bonchev–Trinajstić information content (AvgIpc) is 2.30. The lowest BCUT2D eigenvalue weighted by Crippen LogP contribution is -2.30. The van der Waals surface area contributed by atoms with E-state index in [9.17, 15) is 0 Å². The summed E-state index contributed by atoms with van der Waals surface area (Å²) in [6.07, 6.45) is 2.66. The molecule has 2 radical (unpaired) electrons. The maximum atomic E-state index is 5.63. The zero-order valence-corrected chi connectivity index (χ0v) is 9.77. The van der Waals surface area contributed by atoms with Crippen molar-refractivity contribution in [2.75, 3.05) is 0 Å². The Morgan fingerprint density at radius 2 is 2.00 bits per heavy atom. The second kappa shape index (κ2) is 4.52. The van der Waals surface area contributed by atoms with Gasteiger partial charge >= 0.3 is 0 Å². The van der Waals surface area contributed by atoms with E-state index in [0.29, 0.717) is 6.32 Å². The third kappa shape index (κ3) is 2.01. The highest BCUT2D eigenvalue weighted by atomic mass is 14.9. The van der Waals surface area contributed by atoms with Crippen LogP contribution in [0.1, 0.15) is 11.1 Å². The molecule has 1 nitrogen and oxygen atoms in total. The molecule has 0 unspecified atom stereocenters. The topological polar surface area (TPSA) is 3.88 Å². The third-order valence-electron chi connectivity index (χ3n) is 2.86. The van der Waals surface area contributed by atoms with Gasteiger partial charge in [-0.15, -0.1) is 0 Å². The maximum Gasteiger partial charge on any atom is 0.212 e. The second-order valence-electron chi connectivity index (χ2n) is 4.05. The Bertz CT molecular complexity index is 506. The maximum absolute atomic E-state index is 5.63. The summed E-state index contributed by atoms with van der Waals surface area (Å²) in [5, 5.41) is 0. The van der Waals surface area contributed by atoms with Crippen LogP contribution in [-0.2, 0) is 13.4 Å². The average molecular weight is 208 g/mol. The lowest BCUT2D eigenvalue weighted by atomic mass is 9.93. The van der Waals surface area contributed by atoms with E-state index < -0.39 is 0 Å². The van der Waals surface area contributed by atoms with Crippen molar-refractivity contribution < 1.29 is 4.57 Å². The lowest BCUT2D eigenvalue weighted by molar-refractivity contribution is -0.660. The van der Waals surface area contributed by atoms with Crippen LogP contribution in [0.3, 0.4) is 0 Å². The standard InChI is InChI=1S/C14H15BN/c1-11-9-12(10-15)6-7-13(11)14-5-3-4-8-16(14)2/h3-9H,10H2,1-2H3/q+1. The first-order valence-corrected chi connectivity index (χ1v) is 5.47. The third-order valence-corrected chi connectivity index (χ3v) is 2.86. The van der Waals surface area contributed by atoms with Crippen LogP contribution in [0.2, 0.25) is 0 Å². The van der Waals surface area contributed by atoms with E-state index in [4.69, 9.17) is 7.85 Å². The molecular formula is C14H15BN+. The number of hydrogen-bond donors (Lipinski definition) is 0. The van der Waals surface area contributed by atoms with Gasteiger partial charge in [-0.1, -0.05) is 24.0 Å². The summed E-state index contributed by atoms with van der Waals surface area (Å²) >= 11 is 0. The van der Waals surface area contributed by atoms with Gasteiger partial charge in [0.25, 0.3) is 0 Å². The van der Waals surface area contributed by atoms with Gasteiger partial charge in [0.1, 0.15) is 7.05 Å². The van der Waals surface area contributed by atoms with E-state index in [1.165, 1.54) is 22.4 Å². The van der Waals surface area contributed by atoms with Gasteiger partial charge in [-0.05, 0) is 24.6 Å². The lowest BCUT2D eigenvalue weighted by Gasteiger charge is -2.06. The summed E-state index contributed by atoms with van der Waals surface area (Å²) in [6, 6.07) is 12.6. The van der Waals surface area contributed by atoms with Crippen LogP contribution in [0.4, 0.5) is 0 Å². The Morgan fingerprint density at radius 3 is 2.62 bits per heavy atom. The van der Waals surface area contributed by atoms with Crippen molar-refractivity contribution in [2.45, 2.75) is 13.2 Å². The molecule has 0 aliphatic carbocycles. The van der Waals surface area contributed by atoms with Gasteiger partial charge in [0.15, 0.2) is 6.20 Å². The first kappa shape index (κ1) is 10.9. The fraction of sp³-hybridized carbons (Fsp3) is 0.214. The molecule has 2 aromatic rings. The number of hydrogen-bond acceptors (Lipinski definition) is 0. The van der Waals surface area contributed by atoms with E-state index >= 15 is 0 Å². The Balaban J connectivity index is 2.53. The normalized spacial score (nSPS) is 10.4. The Kier molecular flexibility index (Phi) is 3.09. The molecule has 0 aliphatic rings. The van der Waals surface area contributed by atoms with Crippen molar-refractivity contribution in [3.63, 3.8) is 0 Å². The number of pyridine rings is 1. The SMILES string of the molecule is [B]Cc1ccc(-c2cccc[n+]2C)c(C)c1. The minimum absolute atomic E-state index is 0.599. The molecule has 78 valence electrons. The van der Waals surface area contributed by atoms with E-state index in [2.05, 4.69) is 55.1 Å². The molecule has 2 rings (SSSR count). The molecule has 2 heteroatoms. The molecule has 0 atom stereocenters. The van der Waals surface area contributed by atoms with Crippen LogP contribution >= 0.6 is 0 Å². The van der Waals surface area contributed by atoms with Gasteiger partial charge < -0.3 is 0 Å². The molecular weight excluding hydrogens is 193 g/mol. The van der Waals surface area contributed by atoms with Crippen LogP contribution in [0.25, 0.3) is 11.3 Å². The van der Waals surface area contributed by atoms with E-state index in [0.717, 1.165) is 0 Å². The summed E-state index contributed by atoms with van der Waals surface area (Å²) in [6.45, 7) is 2.13. The minimum atomic E-state index is 0.599. The van der Waals surface area contributed by atoms with E-state index in [1.807, 2.05) is 6.07 Å². The van der Waals surface area contributed by atoms with Gasteiger partial charge in [0, 0.05) is 17.7 Å². The first-order valence-electron chi connectivity index (χ1n) is 5.47. The minimum Gasteiger partial charge on any atom is -0.201 e. The van der Waals surface area contributed by atoms with Crippen molar-refractivity contribution in [2.24, 2.45) is 7.05 Å². The van der Waals surface area contributed by atoms with Crippen LogP contribution < -0.4 is 4.57 Å². The van der Waals surface area contributed by atoms with Crippen molar-refractivity contribution in [3.8, 4) is 11.3 Å². The molecule has 1 aromatic carbocycles. The summed E-state index contributed by atoms with van der Waals surface area (Å²) in [5.41, 5.74) is 4.94. The van der Waals surface area contributed by atoms with Gasteiger partial charge in [0.05, 0.1) is 7.85 Å². The van der Waals surface area contributed by atoms with Gasteiger partial charge in [-0.2, -0.15) is 0 Å². The molecule has 0 bridgehead atoms. The van der Waals surface area contributed by atoms with Gasteiger partial charge in [-0.3, -0.25) is 0 Å². The largest absolute Gasteiger partial charge is 0.212 e. The highest BCUT2D eigenvalue weighted by molar-refractivity contribution is 6.08. The number of nitrogens with zero attached hydrogens (tertiary/aromatic N) is 1. The number of rotatable bonds is 2. The van der Waals surface area contributed by atoms with Crippen molar-refractivity contribution in [1.82, 2.24) is 0 Å². The highest BCUT2D eigenvalue weighted by Crippen LogP contribution is 2.20. The summed E-state index contributed by atoms with van der Waals surface area (Å²) in [7, 11) is 7.69. The molecule has 0 N–H and O–H groups in total. The first-order chi connectivity index (χ1) is 7.72. The highest BCUT2D eigenvalue weighted by Gasteiger charge is 2.10. The predicted octanol–water partition coefficient (Wildman–Crippen LogP) is 2.16. The van der Waals surface area contributed by atoms with Crippen molar-refractivity contribution in [3.05, 3.63) is 53.7 Å². The molecule has 1 heterocycles. The fourth-order valence-electron chi connectivity index (χ4n) is 1.94. The van der Waals surface area contributed by atoms with Gasteiger partial charge in [0.2, 0.25) is 5.69 Å². The predicted molar refractivity (Wildman–Crippen MR) is 67.2 cm³/mol. The van der Waals surface area contributed by atoms with Crippen LogP contribution in [0.15, 0.2) is 42.6 Å². The van der Waals surface area contributed by atoms with E-state index in [-0.39, 0.29) is 0 Å². The Hall–Kier alpha value is -1.57. The molecule has 0 aliphatic heterocycles. The summed E-state index contributed by atoms with van der Waals surface area (Å²) < 4.78 is 2.13. The smallest absolute Gasteiger partial charge is 0.201 e. The molecule has 0 fully saturated rings. The number of aromatic nitrogens is 1. The van der Waals surface area contributed by atoms with Crippen LogP contribution in [-0.4, -0.2) is 7.85 Å². The summed E-state index contributed by atoms with van der Waals surface area (Å²) in [4.78, 5) is 0. The van der Waals surface area contributed by atoms with E-state index in [1.54, 1.807) is 0 Å². The summed E-state index contributed by atoms with van der Waals surface area (Å²) in [5.74, 6) is 0. The Morgan fingerprint density at radius 1 is 1.19 bits per heavy atom. The second-order valence-corrected chi connectivity index (χ2v) is 4.05. The molecule has 1 aromatic heterocycles. The van der Waals surface area contributed by atoms with Crippen LogP contribution in [0, 0.1) is 6.92 Å². The molecule has 0 saturated carbocycles. The Labute approximate surface area is 98.2 Å². The molecule has 16 heavy (non-hydrogen) atoms. The zero-order valence-electron chi connectivity index (χ0n) is 9.77. The number of benzene rings is 1. The van der Waals surface area contributed by atoms with Crippen molar-refractivity contribution >= 4 is 7.85 Å². The molecule has 0 saturated heterocycles. The van der Waals surface area contributed by atoms with Crippen molar-refractivity contribution in [1.29, 1.82) is 0 Å². The molecule has 0 amide bonds. The van der Waals surface area contributed by atoms with Crippen LogP contribution in [0.5, 0.6) is 0 Å². The fourth-order valence-corrected chi connectivity index (χ4v) is 1.94. The number of aryl methyl sites for hydroxylation is 2. The quantitative estimate of drug-likeness (QED) is 0.526. The molecule has 0 spiro atoms.